The summed E-state index contributed by atoms with van der Waals surface area (Å²) in [5, 5.41) is 6.71. The van der Waals surface area contributed by atoms with E-state index in [1.165, 1.54) is 19.2 Å². The highest BCUT2D eigenvalue weighted by molar-refractivity contribution is 5.98. The minimum Gasteiger partial charge on any atom is -0.341 e. The van der Waals surface area contributed by atoms with Gasteiger partial charge in [-0.05, 0) is 62.2 Å². The summed E-state index contributed by atoms with van der Waals surface area (Å²) in [7, 11) is 3.47. The summed E-state index contributed by atoms with van der Waals surface area (Å²) in [5.41, 5.74) is 1.26. The number of ketones is 1. The average Bonchev–Trinajstić information content (AvgIpc) is 3.15. The average molecular weight is 482 g/mol. The number of halogens is 1. The van der Waals surface area contributed by atoms with Crippen LogP contribution in [-0.4, -0.2) is 73.4 Å². The molecular formula is C26H32FN5O3. The number of anilines is 1. The van der Waals surface area contributed by atoms with E-state index in [-0.39, 0.29) is 17.1 Å². The van der Waals surface area contributed by atoms with Gasteiger partial charge in [0, 0.05) is 44.9 Å². The van der Waals surface area contributed by atoms with Gasteiger partial charge < -0.3 is 20.0 Å². The number of amides is 1. The van der Waals surface area contributed by atoms with E-state index in [4.69, 9.17) is 4.84 Å². The Kier molecular flexibility index (Phi) is 7.65. The van der Waals surface area contributed by atoms with Crippen LogP contribution in [0.4, 0.5) is 14.9 Å². The standard InChI is InChI=1S/C26H32FN5O3/c1-28-25(34)35-29-24-26(32(19-30(24)2)22-7-4-3-5-8-22)14-17-31(18-15-26)16-6-9-23(33)20-10-12-21(27)13-11-20/h3-5,7-8,10-13H,6,9,14-19H2,1-2H3,(H,28,34)/b29-24-. The second-order valence-electron chi connectivity index (χ2n) is 9.05. The zero-order valence-corrected chi connectivity index (χ0v) is 20.2. The number of nitrogens with zero attached hydrogens (tertiary/aromatic N) is 4. The summed E-state index contributed by atoms with van der Waals surface area (Å²) >= 11 is 0. The molecule has 2 heterocycles. The van der Waals surface area contributed by atoms with E-state index in [0.717, 1.165) is 50.4 Å². The third-order valence-corrected chi connectivity index (χ3v) is 6.86. The van der Waals surface area contributed by atoms with E-state index < -0.39 is 6.09 Å². The maximum atomic E-state index is 13.1. The second-order valence-corrected chi connectivity index (χ2v) is 9.05. The largest absolute Gasteiger partial charge is 0.433 e. The molecule has 9 heteroatoms. The molecule has 0 unspecified atom stereocenters. The number of carbonyl (C=O) groups is 2. The highest BCUT2D eigenvalue weighted by atomic mass is 19.1. The van der Waals surface area contributed by atoms with Crippen molar-refractivity contribution in [1.82, 2.24) is 15.1 Å². The highest BCUT2D eigenvalue weighted by Gasteiger charge is 2.51. The van der Waals surface area contributed by atoms with Crippen LogP contribution in [0, 0.1) is 5.82 Å². The third kappa shape index (κ3) is 5.45. The van der Waals surface area contributed by atoms with E-state index in [2.05, 4.69) is 32.4 Å². The summed E-state index contributed by atoms with van der Waals surface area (Å²) < 4.78 is 13.1. The summed E-state index contributed by atoms with van der Waals surface area (Å²) in [4.78, 5) is 36.0. The number of para-hydroxylation sites is 1. The van der Waals surface area contributed by atoms with Gasteiger partial charge in [-0.2, -0.15) is 0 Å². The molecule has 2 fully saturated rings. The number of Topliss-reactive ketones (excluding diaryl/α,β-unsaturated/α-hetero) is 1. The monoisotopic (exact) mass is 481 g/mol. The number of piperidine rings is 1. The Morgan fingerprint density at radius 2 is 1.77 bits per heavy atom. The molecular weight excluding hydrogens is 449 g/mol. The first-order valence-corrected chi connectivity index (χ1v) is 11.9. The zero-order chi connectivity index (χ0) is 24.8. The number of amidine groups is 1. The van der Waals surface area contributed by atoms with Crippen molar-refractivity contribution >= 4 is 23.4 Å². The van der Waals surface area contributed by atoms with E-state index >= 15 is 0 Å². The fourth-order valence-corrected chi connectivity index (χ4v) is 5.00. The predicted molar refractivity (Wildman–Crippen MR) is 133 cm³/mol. The SMILES string of the molecule is CNC(=O)O/N=C1\N(C)CN(c2ccccc2)C12CCN(CCCC(=O)c1ccc(F)cc1)CC2. The Labute approximate surface area is 205 Å². The molecule has 1 spiro atoms. The van der Waals surface area contributed by atoms with Crippen LogP contribution in [-0.2, 0) is 4.84 Å². The van der Waals surface area contributed by atoms with Crippen molar-refractivity contribution in [3.8, 4) is 0 Å². The van der Waals surface area contributed by atoms with Crippen molar-refractivity contribution in [3.63, 3.8) is 0 Å². The van der Waals surface area contributed by atoms with E-state index in [9.17, 15) is 14.0 Å². The zero-order valence-electron chi connectivity index (χ0n) is 20.2. The van der Waals surface area contributed by atoms with Gasteiger partial charge in [0.05, 0.1) is 6.67 Å². The van der Waals surface area contributed by atoms with Crippen LogP contribution in [0.3, 0.4) is 0 Å². The van der Waals surface area contributed by atoms with Crippen LogP contribution >= 0.6 is 0 Å². The number of carbonyl (C=O) groups excluding carboxylic acids is 2. The van der Waals surface area contributed by atoms with Gasteiger partial charge in [0.15, 0.2) is 11.6 Å². The number of likely N-dealkylation sites (tertiary alicyclic amines) is 1. The number of likely N-dealkylation sites (N-methyl/N-ethyl adjacent to an activating group) is 1. The van der Waals surface area contributed by atoms with E-state index in [0.29, 0.717) is 18.7 Å². The lowest BCUT2D eigenvalue weighted by atomic mass is 9.85. The third-order valence-electron chi connectivity index (χ3n) is 6.86. The number of hydrogen-bond donors (Lipinski definition) is 1. The molecule has 0 radical (unpaired) electrons. The van der Waals surface area contributed by atoms with Gasteiger partial charge in [-0.3, -0.25) is 9.63 Å². The molecule has 2 aliphatic rings. The van der Waals surface area contributed by atoms with Gasteiger partial charge in [-0.25, -0.2) is 9.18 Å². The summed E-state index contributed by atoms with van der Waals surface area (Å²) in [6.07, 6.45) is 2.20. The van der Waals surface area contributed by atoms with Crippen molar-refractivity contribution in [2.24, 2.45) is 5.16 Å². The summed E-state index contributed by atoms with van der Waals surface area (Å²) in [6.45, 7) is 3.12. The topological polar surface area (TPSA) is 77.5 Å². The first-order valence-electron chi connectivity index (χ1n) is 11.9. The smallest absolute Gasteiger partial charge is 0.341 e. The van der Waals surface area contributed by atoms with Crippen LogP contribution < -0.4 is 10.2 Å². The van der Waals surface area contributed by atoms with Gasteiger partial charge >= 0.3 is 6.09 Å². The Balaban J connectivity index is 1.42. The normalized spacial score (nSPS) is 18.8. The molecule has 2 aromatic carbocycles. The van der Waals surface area contributed by atoms with E-state index in [1.807, 2.05) is 30.1 Å². The van der Waals surface area contributed by atoms with Crippen molar-refractivity contribution in [2.45, 2.75) is 31.2 Å². The molecule has 1 amide bonds. The number of benzene rings is 2. The quantitative estimate of drug-likeness (QED) is 0.369. The van der Waals surface area contributed by atoms with Crippen molar-refractivity contribution in [2.75, 3.05) is 45.3 Å². The Hall–Kier alpha value is -3.46. The van der Waals surface area contributed by atoms with Crippen molar-refractivity contribution < 1.29 is 18.8 Å². The van der Waals surface area contributed by atoms with Gasteiger partial charge in [0.1, 0.15) is 11.4 Å². The molecule has 1 N–H and O–H groups in total. The molecule has 4 rings (SSSR count). The first kappa shape index (κ1) is 24.7. The Bertz CT molecular complexity index is 1050. The molecule has 2 aliphatic heterocycles. The highest BCUT2D eigenvalue weighted by Crippen LogP contribution is 2.39. The van der Waals surface area contributed by atoms with Crippen LogP contribution in [0.5, 0.6) is 0 Å². The number of rotatable bonds is 7. The molecule has 186 valence electrons. The lowest BCUT2D eigenvalue weighted by Crippen LogP contribution is -2.56. The molecule has 0 atom stereocenters. The fraction of sp³-hybridized carbons (Fsp3) is 0.423. The number of hydrogen-bond acceptors (Lipinski definition) is 6. The predicted octanol–water partition coefficient (Wildman–Crippen LogP) is 3.70. The Morgan fingerprint density at radius 1 is 1.09 bits per heavy atom. The summed E-state index contributed by atoms with van der Waals surface area (Å²) in [6, 6.07) is 15.9. The van der Waals surface area contributed by atoms with Gasteiger partial charge in [0.25, 0.3) is 0 Å². The van der Waals surface area contributed by atoms with Gasteiger partial charge in [0.2, 0.25) is 0 Å². The van der Waals surface area contributed by atoms with Gasteiger partial charge in [-0.1, -0.05) is 23.4 Å². The molecule has 35 heavy (non-hydrogen) atoms. The number of oxime groups is 1. The lowest BCUT2D eigenvalue weighted by molar-refractivity contribution is 0.0970. The molecule has 8 nitrogen and oxygen atoms in total. The molecule has 0 aromatic heterocycles. The maximum Gasteiger partial charge on any atom is 0.433 e. The first-order chi connectivity index (χ1) is 16.9. The van der Waals surface area contributed by atoms with Crippen molar-refractivity contribution in [3.05, 3.63) is 66.0 Å². The Morgan fingerprint density at radius 3 is 2.43 bits per heavy atom. The maximum absolute atomic E-state index is 13.1. The van der Waals surface area contributed by atoms with Gasteiger partial charge in [-0.15, -0.1) is 0 Å². The second kappa shape index (κ2) is 10.9. The molecule has 0 aliphatic carbocycles. The molecule has 0 bridgehead atoms. The minimum absolute atomic E-state index is 0.0342. The summed E-state index contributed by atoms with van der Waals surface area (Å²) in [5.74, 6) is 0.442. The molecule has 2 aromatic rings. The van der Waals surface area contributed by atoms with E-state index in [1.54, 1.807) is 12.1 Å². The lowest BCUT2D eigenvalue weighted by Gasteiger charge is -2.44. The molecule has 2 saturated heterocycles. The fourth-order valence-electron chi connectivity index (χ4n) is 5.00. The van der Waals surface area contributed by atoms with Crippen LogP contribution in [0.1, 0.15) is 36.0 Å². The van der Waals surface area contributed by atoms with Crippen molar-refractivity contribution in [1.29, 1.82) is 0 Å². The number of nitrogens with one attached hydrogen (secondary N) is 1. The van der Waals surface area contributed by atoms with Crippen LogP contribution in [0.15, 0.2) is 59.8 Å². The van der Waals surface area contributed by atoms with Crippen LogP contribution in [0.25, 0.3) is 0 Å². The minimum atomic E-state index is -0.595. The van der Waals surface area contributed by atoms with Crippen LogP contribution in [0.2, 0.25) is 0 Å². The molecule has 0 saturated carbocycles.